The molecule has 96 valence electrons. The van der Waals surface area contributed by atoms with Crippen molar-refractivity contribution in [2.45, 2.75) is 32.7 Å². The van der Waals surface area contributed by atoms with Crippen LogP contribution in [-0.2, 0) is 0 Å². The maximum Gasteiger partial charge on any atom is 0.125 e. The van der Waals surface area contributed by atoms with Crippen molar-refractivity contribution in [2.75, 3.05) is 25.5 Å². The van der Waals surface area contributed by atoms with Crippen molar-refractivity contribution < 1.29 is 0 Å². The number of hydrogen-bond donors (Lipinski definition) is 1. The topological polar surface area (TPSA) is 28.2 Å². The number of halogens is 1. The Hall–Kier alpha value is -0.610. The van der Waals surface area contributed by atoms with Gasteiger partial charge in [-0.15, -0.1) is 0 Å². The number of aromatic nitrogens is 1. The summed E-state index contributed by atoms with van der Waals surface area (Å²) in [7, 11) is 2.17. The molecule has 3 nitrogen and oxygen atoms in total. The minimum Gasteiger partial charge on any atom is -0.370 e. The molecule has 17 heavy (non-hydrogen) atoms. The van der Waals surface area contributed by atoms with Gasteiger partial charge in [0.05, 0.1) is 0 Å². The molecule has 0 saturated heterocycles. The number of hydrogen-bond acceptors (Lipinski definition) is 3. The van der Waals surface area contributed by atoms with Crippen LogP contribution in [0.4, 0.5) is 5.82 Å². The normalized spacial score (nSPS) is 11.2. The van der Waals surface area contributed by atoms with E-state index in [1.165, 1.54) is 12.8 Å². The maximum atomic E-state index is 4.27. The van der Waals surface area contributed by atoms with Gasteiger partial charge in [-0.05, 0) is 68.3 Å². The van der Waals surface area contributed by atoms with Crippen LogP contribution in [0.25, 0.3) is 0 Å². The van der Waals surface area contributed by atoms with Gasteiger partial charge in [-0.3, -0.25) is 0 Å². The number of rotatable bonds is 7. The largest absolute Gasteiger partial charge is 0.370 e. The van der Waals surface area contributed by atoms with Crippen LogP contribution >= 0.6 is 15.9 Å². The summed E-state index contributed by atoms with van der Waals surface area (Å²) in [6, 6.07) is 4.63. The van der Waals surface area contributed by atoms with E-state index in [1.807, 2.05) is 18.3 Å². The zero-order valence-corrected chi connectivity index (χ0v) is 12.5. The van der Waals surface area contributed by atoms with Gasteiger partial charge in [-0.25, -0.2) is 4.98 Å². The Morgan fingerprint density at radius 2 is 2.12 bits per heavy atom. The molecule has 1 aromatic rings. The molecular formula is C13H22BrN3. The molecule has 1 N–H and O–H groups in total. The summed E-state index contributed by atoms with van der Waals surface area (Å²) in [4.78, 5) is 6.64. The highest BCUT2D eigenvalue weighted by Crippen LogP contribution is 2.10. The lowest BCUT2D eigenvalue weighted by Crippen LogP contribution is -2.27. The minimum atomic E-state index is 0.635. The third kappa shape index (κ3) is 6.03. The van der Waals surface area contributed by atoms with E-state index in [9.17, 15) is 0 Å². The third-order valence-electron chi connectivity index (χ3n) is 2.85. The van der Waals surface area contributed by atoms with Crippen LogP contribution in [0.15, 0.2) is 22.8 Å². The quantitative estimate of drug-likeness (QED) is 0.783. The van der Waals surface area contributed by atoms with E-state index in [2.05, 4.69) is 52.0 Å². The molecule has 1 rings (SSSR count). The van der Waals surface area contributed by atoms with E-state index in [0.717, 1.165) is 23.4 Å². The first-order chi connectivity index (χ1) is 8.09. The highest BCUT2D eigenvalue weighted by Gasteiger charge is 2.01. The highest BCUT2D eigenvalue weighted by molar-refractivity contribution is 9.10. The van der Waals surface area contributed by atoms with Gasteiger partial charge < -0.3 is 10.2 Å². The van der Waals surface area contributed by atoms with Crippen molar-refractivity contribution in [2.24, 2.45) is 0 Å². The summed E-state index contributed by atoms with van der Waals surface area (Å²) in [5.74, 6) is 0.949. The zero-order chi connectivity index (χ0) is 12.7. The molecule has 0 aromatic carbocycles. The molecule has 0 bridgehead atoms. The molecule has 0 amide bonds. The van der Waals surface area contributed by atoms with Crippen molar-refractivity contribution in [3.63, 3.8) is 0 Å². The predicted molar refractivity (Wildman–Crippen MR) is 77.4 cm³/mol. The third-order valence-corrected chi connectivity index (χ3v) is 3.32. The van der Waals surface area contributed by atoms with E-state index in [4.69, 9.17) is 0 Å². The van der Waals surface area contributed by atoms with Gasteiger partial charge in [0.25, 0.3) is 0 Å². The Kier molecular flexibility index (Phi) is 6.52. The van der Waals surface area contributed by atoms with Gasteiger partial charge in [0, 0.05) is 23.3 Å². The fourth-order valence-electron chi connectivity index (χ4n) is 1.44. The van der Waals surface area contributed by atoms with Gasteiger partial charge in [0.15, 0.2) is 0 Å². The first-order valence-electron chi connectivity index (χ1n) is 6.15. The Balaban J connectivity index is 2.10. The summed E-state index contributed by atoms with van der Waals surface area (Å²) >= 11 is 3.37. The molecular weight excluding hydrogens is 278 g/mol. The average molecular weight is 300 g/mol. The Bertz CT molecular complexity index is 311. The lowest BCUT2D eigenvalue weighted by atomic mass is 10.2. The average Bonchev–Trinajstić information content (AvgIpc) is 2.30. The fourth-order valence-corrected chi connectivity index (χ4v) is 1.68. The first kappa shape index (κ1) is 14.5. The van der Waals surface area contributed by atoms with Crippen molar-refractivity contribution in [3.05, 3.63) is 22.8 Å². The van der Waals surface area contributed by atoms with Crippen LogP contribution < -0.4 is 5.32 Å². The molecule has 0 aliphatic rings. The Morgan fingerprint density at radius 3 is 2.71 bits per heavy atom. The van der Waals surface area contributed by atoms with E-state index in [1.54, 1.807) is 0 Å². The van der Waals surface area contributed by atoms with E-state index in [0.29, 0.717) is 6.04 Å². The summed E-state index contributed by atoms with van der Waals surface area (Å²) < 4.78 is 1.02. The van der Waals surface area contributed by atoms with Crippen molar-refractivity contribution >= 4 is 21.7 Å². The van der Waals surface area contributed by atoms with Crippen LogP contribution in [0.1, 0.15) is 26.7 Å². The van der Waals surface area contributed by atoms with Crippen LogP contribution in [0.5, 0.6) is 0 Å². The lowest BCUT2D eigenvalue weighted by Gasteiger charge is -2.20. The molecule has 0 unspecified atom stereocenters. The number of unbranched alkanes of at least 4 members (excludes halogenated alkanes) is 1. The monoisotopic (exact) mass is 299 g/mol. The zero-order valence-electron chi connectivity index (χ0n) is 10.9. The van der Waals surface area contributed by atoms with E-state index < -0.39 is 0 Å². The molecule has 0 aliphatic carbocycles. The number of nitrogens with zero attached hydrogens (tertiary/aromatic N) is 2. The number of pyridine rings is 1. The summed E-state index contributed by atoms with van der Waals surface area (Å²) in [6.07, 6.45) is 4.21. The standard InChI is InChI=1S/C13H22BrN3/c1-11(2)17(3)9-5-4-8-15-13-7-6-12(14)10-16-13/h6-7,10-11H,4-5,8-9H2,1-3H3,(H,15,16). The second-order valence-corrected chi connectivity index (χ2v) is 5.49. The molecule has 1 heterocycles. The molecule has 4 heteroatoms. The Labute approximate surface area is 113 Å². The van der Waals surface area contributed by atoms with Gasteiger partial charge >= 0.3 is 0 Å². The molecule has 0 radical (unpaired) electrons. The SMILES string of the molecule is CC(C)N(C)CCCCNc1ccc(Br)cn1. The van der Waals surface area contributed by atoms with E-state index >= 15 is 0 Å². The molecule has 0 saturated carbocycles. The molecule has 1 aromatic heterocycles. The summed E-state index contributed by atoms with van der Waals surface area (Å²) in [6.45, 7) is 6.60. The molecule has 0 atom stereocenters. The van der Waals surface area contributed by atoms with Crippen LogP contribution in [0.3, 0.4) is 0 Å². The smallest absolute Gasteiger partial charge is 0.125 e. The second kappa shape index (κ2) is 7.67. The summed E-state index contributed by atoms with van der Waals surface area (Å²) in [5, 5.41) is 3.32. The minimum absolute atomic E-state index is 0.635. The van der Waals surface area contributed by atoms with Crippen molar-refractivity contribution in [1.82, 2.24) is 9.88 Å². The van der Waals surface area contributed by atoms with Gasteiger partial charge in [0.2, 0.25) is 0 Å². The Morgan fingerprint density at radius 1 is 1.35 bits per heavy atom. The highest BCUT2D eigenvalue weighted by atomic mass is 79.9. The second-order valence-electron chi connectivity index (χ2n) is 4.57. The van der Waals surface area contributed by atoms with E-state index in [-0.39, 0.29) is 0 Å². The van der Waals surface area contributed by atoms with Crippen molar-refractivity contribution in [3.8, 4) is 0 Å². The van der Waals surface area contributed by atoms with Crippen LogP contribution in [0.2, 0.25) is 0 Å². The predicted octanol–water partition coefficient (Wildman–Crippen LogP) is 3.38. The molecule has 0 spiro atoms. The van der Waals surface area contributed by atoms with Gasteiger partial charge in [0.1, 0.15) is 5.82 Å². The fraction of sp³-hybridized carbons (Fsp3) is 0.615. The van der Waals surface area contributed by atoms with Crippen LogP contribution in [-0.4, -0.2) is 36.1 Å². The molecule has 0 fully saturated rings. The number of nitrogens with one attached hydrogen (secondary N) is 1. The molecule has 0 aliphatic heterocycles. The van der Waals surface area contributed by atoms with Crippen molar-refractivity contribution in [1.29, 1.82) is 0 Å². The van der Waals surface area contributed by atoms with Gasteiger partial charge in [-0.2, -0.15) is 0 Å². The van der Waals surface area contributed by atoms with Gasteiger partial charge in [-0.1, -0.05) is 0 Å². The number of anilines is 1. The maximum absolute atomic E-state index is 4.27. The first-order valence-corrected chi connectivity index (χ1v) is 6.94. The van der Waals surface area contributed by atoms with Crippen LogP contribution in [0, 0.1) is 0 Å². The summed E-state index contributed by atoms with van der Waals surface area (Å²) in [5.41, 5.74) is 0. The lowest BCUT2D eigenvalue weighted by molar-refractivity contribution is 0.269.